The molecule has 1 heterocycles. The monoisotopic (exact) mass is 396 g/mol. The van der Waals surface area contributed by atoms with Crippen molar-refractivity contribution in [2.45, 2.75) is 11.1 Å². The Bertz CT molecular complexity index is 1070. The molecule has 5 nitrogen and oxygen atoms in total. The van der Waals surface area contributed by atoms with Crippen LogP contribution in [0, 0.1) is 0 Å². The number of ether oxygens (including phenoxy) is 1. The smallest absolute Gasteiger partial charge is 0.435 e. The van der Waals surface area contributed by atoms with Crippen molar-refractivity contribution in [1.82, 2.24) is 9.78 Å². The fourth-order valence-corrected chi connectivity index (χ4v) is 3.23. The first kappa shape index (κ1) is 19.0. The molecule has 0 aliphatic carbocycles. The summed E-state index contributed by atoms with van der Waals surface area (Å²) in [7, 11) is -2.00. The molecule has 0 amide bonds. The number of nitrogens with zero attached hydrogens (tertiary/aromatic N) is 2. The number of para-hydroxylation sites is 1. The van der Waals surface area contributed by atoms with E-state index in [9.17, 15) is 21.6 Å². The van der Waals surface area contributed by atoms with Gasteiger partial charge in [0.15, 0.2) is 15.5 Å². The van der Waals surface area contributed by atoms with Gasteiger partial charge < -0.3 is 4.74 Å². The summed E-state index contributed by atoms with van der Waals surface area (Å²) in [5.41, 5.74) is -0.170. The third kappa shape index (κ3) is 3.82. The van der Waals surface area contributed by atoms with Crippen LogP contribution in [0.3, 0.4) is 0 Å². The number of hydrogen-bond donors (Lipinski definition) is 0. The molecule has 0 bridgehead atoms. The number of hydrogen-bond acceptors (Lipinski definition) is 4. The summed E-state index contributed by atoms with van der Waals surface area (Å²) < 4.78 is 69.3. The Morgan fingerprint density at radius 3 is 2.22 bits per heavy atom. The van der Waals surface area contributed by atoms with Crippen LogP contribution in [0.1, 0.15) is 5.69 Å². The highest BCUT2D eigenvalue weighted by Gasteiger charge is 2.35. The Morgan fingerprint density at radius 2 is 1.67 bits per heavy atom. The van der Waals surface area contributed by atoms with Gasteiger partial charge in [0.1, 0.15) is 5.75 Å². The van der Waals surface area contributed by atoms with E-state index in [4.69, 9.17) is 4.74 Å². The van der Waals surface area contributed by atoms with Crippen LogP contribution in [0.25, 0.3) is 16.9 Å². The zero-order chi connectivity index (χ0) is 19.8. The van der Waals surface area contributed by atoms with E-state index >= 15 is 0 Å². The van der Waals surface area contributed by atoms with Crippen molar-refractivity contribution in [1.29, 1.82) is 0 Å². The first-order valence-electron chi connectivity index (χ1n) is 7.72. The molecular formula is C18H15F3N2O3S. The van der Waals surface area contributed by atoms with E-state index in [1.54, 1.807) is 24.3 Å². The highest BCUT2D eigenvalue weighted by atomic mass is 32.2. The van der Waals surface area contributed by atoms with Crippen molar-refractivity contribution in [3.8, 4) is 22.7 Å². The van der Waals surface area contributed by atoms with Gasteiger partial charge >= 0.3 is 6.18 Å². The van der Waals surface area contributed by atoms with Crippen molar-refractivity contribution in [2.75, 3.05) is 13.4 Å². The Kier molecular flexibility index (Phi) is 4.73. The van der Waals surface area contributed by atoms with Gasteiger partial charge in [-0.15, -0.1) is 0 Å². The second-order valence-electron chi connectivity index (χ2n) is 5.79. The van der Waals surface area contributed by atoms with E-state index in [1.807, 2.05) is 0 Å². The van der Waals surface area contributed by atoms with E-state index in [0.717, 1.165) is 17.0 Å². The minimum absolute atomic E-state index is 0.0632. The molecule has 0 atom stereocenters. The lowest BCUT2D eigenvalue weighted by Gasteiger charge is -2.11. The van der Waals surface area contributed by atoms with Gasteiger partial charge in [0.05, 0.1) is 23.4 Å². The molecule has 0 aliphatic heterocycles. The van der Waals surface area contributed by atoms with Crippen LogP contribution in [0.4, 0.5) is 13.2 Å². The predicted molar refractivity (Wildman–Crippen MR) is 93.7 cm³/mol. The average Bonchev–Trinajstić information content (AvgIpc) is 3.06. The normalized spacial score (nSPS) is 12.2. The summed E-state index contributed by atoms with van der Waals surface area (Å²) >= 11 is 0. The van der Waals surface area contributed by atoms with Crippen LogP contribution in [-0.4, -0.2) is 31.6 Å². The standard InChI is InChI=1S/C18H15F3N2O3S/c1-26-16-6-4-3-5-14(16)15-11-17(18(19,20)21)22-23(15)12-7-9-13(10-8-12)27(2,24)25/h3-11H,1-2H3. The van der Waals surface area contributed by atoms with Crippen LogP contribution >= 0.6 is 0 Å². The molecule has 2 aromatic carbocycles. The van der Waals surface area contributed by atoms with Crippen LogP contribution in [0.5, 0.6) is 5.75 Å². The number of sulfone groups is 1. The molecule has 0 saturated carbocycles. The lowest BCUT2D eigenvalue weighted by Crippen LogP contribution is -2.07. The van der Waals surface area contributed by atoms with Gasteiger partial charge in [0.25, 0.3) is 0 Å². The van der Waals surface area contributed by atoms with Crippen LogP contribution in [0.2, 0.25) is 0 Å². The van der Waals surface area contributed by atoms with Gasteiger partial charge in [-0.05, 0) is 42.5 Å². The van der Waals surface area contributed by atoms with Gasteiger partial charge in [-0.2, -0.15) is 18.3 Å². The SMILES string of the molecule is COc1ccccc1-c1cc(C(F)(F)F)nn1-c1ccc(S(C)(=O)=O)cc1. The lowest BCUT2D eigenvalue weighted by atomic mass is 10.1. The van der Waals surface area contributed by atoms with Crippen LogP contribution < -0.4 is 4.74 Å². The van der Waals surface area contributed by atoms with Gasteiger partial charge in [-0.1, -0.05) is 12.1 Å². The van der Waals surface area contributed by atoms with E-state index in [2.05, 4.69) is 5.10 Å². The third-order valence-electron chi connectivity index (χ3n) is 3.89. The molecule has 1 aromatic heterocycles. The van der Waals surface area contributed by atoms with Gasteiger partial charge in [0.2, 0.25) is 0 Å². The minimum atomic E-state index is -4.63. The molecule has 0 saturated heterocycles. The van der Waals surface area contributed by atoms with E-state index in [0.29, 0.717) is 17.0 Å². The summed E-state index contributed by atoms with van der Waals surface area (Å²) in [5.74, 6) is 0.389. The summed E-state index contributed by atoms with van der Waals surface area (Å²) in [6, 6.07) is 13.0. The highest BCUT2D eigenvalue weighted by Crippen LogP contribution is 2.36. The maximum Gasteiger partial charge on any atom is 0.435 e. The Hall–Kier alpha value is -2.81. The number of aromatic nitrogens is 2. The van der Waals surface area contributed by atoms with E-state index < -0.39 is 21.7 Å². The fourth-order valence-electron chi connectivity index (χ4n) is 2.60. The van der Waals surface area contributed by atoms with Crippen LogP contribution in [-0.2, 0) is 16.0 Å². The van der Waals surface area contributed by atoms with E-state index in [1.165, 1.54) is 31.4 Å². The fraction of sp³-hybridized carbons (Fsp3) is 0.167. The number of rotatable bonds is 4. The first-order chi connectivity index (χ1) is 12.6. The van der Waals surface area contributed by atoms with Crippen molar-refractivity contribution in [3.63, 3.8) is 0 Å². The molecule has 27 heavy (non-hydrogen) atoms. The number of benzene rings is 2. The van der Waals surface area contributed by atoms with Gasteiger partial charge in [-0.3, -0.25) is 0 Å². The number of methoxy groups -OCH3 is 1. The van der Waals surface area contributed by atoms with Crippen molar-refractivity contribution in [3.05, 3.63) is 60.3 Å². The second kappa shape index (κ2) is 6.73. The molecule has 0 unspecified atom stereocenters. The predicted octanol–water partition coefficient (Wildman–Crippen LogP) is 3.97. The molecule has 9 heteroatoms. The molecule has 142 valence electrons. The second-order valence-corrected chi connectivity index (χ2v) is 7.81. The lowest BCUT2D eigenvalue weighted by molar-refractivity contribution is -0.141. The number of halogens is 3. The maximum absolute atomic E-state index is 13.2. The van der Waals surface area contributed by atoms with Crippen molar-refractivity contribution >= 4 is 9.84 Å². The average molecular weight is 396 g/mol. The van der Waals surface area contributed by atoms with Crippen molar-refractivity contribution < 1.29 is 26.3 Å². The van der Waals surface area contributed by atoms with Crippen molar-refractivity contribution in [2.24, 2.45) is 0 Å². The molecule has 3 aromatic rings. The van der Waals surface area contributed by atoms with Crippen LogP contribution in [0.15, 0.2) is 59.5 Å². The minimum Gasteiger partial charge on any atom is -0.496 e. The molecule has 0 aliphatic rings. The highest BCUT2D eigenvalue weighted by molar-refractivity contribution is 7.90. The third-order valence-corrected chi connectivity index (χ3v) is 5.02. The molecule has 0 spiro atoms. The first-order valence-corrected chi connectivity index (χ1v) is 9.61. The Balaban J connectivity index is 2.21. The number of alkyl halides is 3. The zero-order valence-corrected chi connectivity index (χ0v) is 15.2. The van der Waals surface area contributed by atoms with Gasteiger partial charge in [0, 0.05) is 11.8 Å². The molecule has 0 N–H and O–H groups in total. The quantitative estimate of drug-likeness (QED) is 0.670. The van der Waals surface area contributed by atoms with E-state index in [-0.39, 0.29) is 10.6 Å². The summed E-state index contributed by atoms with van der Waals surface area (Å²) in [5, 5.41) is 3.68. The summed E-state index contributed by atoms with van der Waals surface area (Å²) in [4.78, 5) is 0.0632. The summed E-state index contributed by atoms with van der Waals surface area (Å²) in [6.07, 6.45) is -3.58. The van der Waals surface area contributed by atoms with Gasteiger partial charge in [-0.25, -0.2) is 13.1 Å². The Labute approximate surface area is 153 Å². The summed E-state index contributed by atoms with van der Waals surface area (Å²) in [6.45, 7) is 0. The Morgan fingerprint density at radius 1 is 1.04 bits per heavy atom. The zero-order valence-electron chi connectivity index (χ0n) is 14.4. The molecule has 0 radical (unpaired) electrons. The maximum atomic E-state index is 13.2. The largest absolute Gasteiger partial charge is 0.496 e. The molecule has 0 fully saturated rings. The molecule has 3 rings (SSSR count). The molecular weight excluding hydrogens is 381 g/mol. The topological polar surface area (TPSA) is 61.2 Å².